The molecule has 0 radical (unpaired) electrons. The van der Waals surface area contributed by atoms with Gasteiger partial charge in [0, 0.05) is 31.4 Å². The number of nitrogens with one attached hydrogen (secondary N) is 1. The van der Waals surface area contributed by atoms with E-state index in [1.807, 2.05) is 12.1 Å². The predicted molar refractivity (Wildman–Crippen MR) is 122 cm³/mol. The van der Waals surface area contributed by atoms with Crippen LogP contribution in [0.15, 0.2) is 24.3 Å². The molecule has 1 aliphatic heterocycles. The highest BCUT2D eigenvalue weighted by atomic mass is 19.4. The first-order valence-corrected chi connectivity index (χ1v) is 11.9. The first kappa shape index (κ1) is 26.8. The van der Waals surface area contributed by atoms with E-state index in [-0.39, 0.29) is 56.1 Å². The van der Waals surface area contributed by atoms with E-state index in [0.29, 0.717) is 44.2 Å². The molecule has 1 heterocycles. The third kappa shape index (κ3) is 6.87. The maximum Gasteiger partial charge on any atom is 0.471 e. The first-order chi connectivity index (χ1) is 16.6. The number of hydrogen-bond donors (Lipinski definition) is 2. The molecule has 1 aromatic carbocycles. The summed E-state index contributed by atoms with van der Waals surface area (Å²) in [5, 5.41) is 12.3. The van der Waals surface area contributed by atoms with E-state index in [9.17, 15) is 32.7 Å². The summed E-state index contributed by atoms with van der Waals surface area (Å²) in [5.74, 6) is -2.16. The number of benzene rings is 1. The van der Waals surface area contributed by atoms with Gasteiger partial charge in [0.25, 0.3) is 0 Å². The van der Waals surface area contributed by atoms with E-state index in [4.69, 9.17) is 4.74 Å². The Bertz CT molecular complexity index is 877. The Kier molecular flexibility index (Phi) is 8.98. The van der Waals surface area contributed by atoms with Gasteiger partial charge in [-0.25, -0.2) is 4.79 Å². The number of anilines is 1. The molecule has 0 atom stereocenters. The van der Waals surface area contributed by atoms with Gasteiger partial charge in [-0.3, -0.25) is 9.59 Å². The number of aliphatic hydroxyl groups is 1. The summed E-state index contributed by atoms with van der Waals surface area (Å²) >= 11 is 0. The fourth-order valence-corrected chi connectivity index (χ4v) is 4.98. The predicted octanol–water partition coefficient (Wildman–Crippen LogP) is 3.51. The molecule has 2 aliphatic rings. The van der Waals surface area contributed by atoms with Crippen molar-refractivity contribution in [2.45, 2.75) is 56.7 Å². The Hall–Kier alpha value is -2.82. The highest BCUT2D eigenvalue weighted by Gasteiger charge is 2.43. The van der Waals surface area contributed by atoms with Gasteiger partial charge in [0.05, 0.1) is 19.6 Å². The largest absolute Gasteiger partial charge is 0.471 e. The van der Waals surface area contributed by atoms with Crippen LogP contribution < -0.4 is 5.32 Å². The quantitative estimate of drug-likeness (QED) is 0.584. The number of alkyl halides is 3. The Morgan fingerprint density at radius 3 is 2.17 bits per heavy atom. The summed E-state index contributed by atoms with van der Waals surface area (Å²) in [6.45, 7) is 0.0944. The molecule has 2 N–H and O–H groups in total. The summed E-state index contributed by atoms with van der Waals surface area (Å²) in [7, 11) is 1.36. The number of nitrogens with zero attached hydrogens (tertiary/aromatic N) is 2. The molecular formula is C24H32F3N3O5. The molecule has 194 valence electrons. The van der Waals surface area contributed by atoms with E-state index >= 15 is 0 Å². The number of hydrogen-bond acceptors (Lipinski definition) is 5. The van der Waals surface area contributed by atoms with Gasteiger partial charge >= 0.3 is 24.1 Å². The van der Waals surface area contributed by atoms with Gasteiger partial charge in [0.1, 0.15) is 0 Å². The normalized spacial score (nSPS) is 21.3. The third-order valence-electron chi connectivity index (χ3n) is 6.93. The molecule has 1 aliphatic carbocycles. The average Bonchev–Trinajstić information content (AvgIpc) is 2.86. The Morgan fingerprint density at radius 1 is 1.06 bits per heavy atom. The number of carbonyl (C=O) groups is 3. The van der Waals surface area contributed by atoms with Crippen LogP contribution in [-0.4, -0.2) is 78.4 Å². The van der Waals surface area contributed by atoms with Crippen molar-refractivity contribution in [3.05, 3.63) is 29.8 Å². The number of rotatable bonds is 6. The lowest BCUT2D eigenvalue weighted by atomic mass is 9.85. The SMILES string of the molecule is COC(=O)C1CCC(N(CCO)C(=O)Nc2ccc(C3CCN(C(=O)C(F)(F)F)CC3)cc2)CC1. The average molecular weight is 500 g/mol. The molecule has 11 heteroatoms. The van der Waals surface area contributed by atoms with Crippen molar-refractivity contribution >= 4 is 23.6 Å². The molecule has 0 bridgehead atoms. The number of methoxy groups -OCH3 is 1. The zero-order chi connectivity index (χ0) is 25.6. The van der Waals surface area contributed by atoms with Gasteiger partial charge in [-0.1, -0.05) is 12.1 Å². The summed E-state index contributed by atoms with van der Waals surface area (Å²) in [5.41, 5.74) is 1.50. The number of likely N-dealkylation sites (tertiary alicyclic amines) is 1. The third-order valence-corrected chi connectivity index (χ3v) is 6.93. The second-order valence-electron chi connectivity index (χ2n) is 9.06. The number of aliphatic hydroxyl groups excluding tert-OH is 1. The lowest BCUT2D eigenvalue weighted by Gasteiger charge is -2.36. The number of halogens is 3. The first-order valence-electron chi connectivity index (χ1n) is 11.9. The second-order valence-corrected chi connectivity index (χ2v) is 9.06. The van der Waals surface area contributed by atoms with Gasteiger partial charge in [-0.05, 0) is 62.1 Å². The highest BCUT2D eigenvalue weighted by Crippen LogP contribution is 2.32. The molecule has 35 heavy (non-hydrogen) atoms. The maximum absolute atomic E-state index is 12.9. The zero-order valence-corrected chi connectivity index (χ0v) is 19.7. The summed E-state index contributed by atoms with van der Waals surface area (Å²) < 4.78 is 42.7. The van der Waals surface area contributed by atoms with E-state index in [1.54, 1.807) is 17.0 Å². The summed E-state index contributed by atoms with van der Waals surface area (Å²) in [6, 6.07) is 6.72. The number of piperidine rings is 1. The van der Waals surface area contributed by atoms with Crippen LogP contribution >= 0.6 is 0 Å². The lowest BCUT2D eigenvalue weighted by Crippen LogP contribution is -2.46. The van der Waals surface area contributed by atoms with Crippen LogP contribution in [0.5, 0.6) is 0 Å². The van der Waals surface area contributed by atoms with Crippen molar-refractivity contribution in [2.24, 2.45) is 5.92 Å². The van der Waals surface area contributed by atoms with Gasteiger partial charge in [-0.15, -0.1) is 0 Å². The van der Waals surface area contributed by atoms with E-state index < -0.39 is 12.1 Å². The minimum absolute atomic E-state index is 0.0351. The van der Waals surface area contributed by atoms with Crippen molar-refractivity contribution in [3.63, 3.8) is 0 Å². The van der Waals surface area contributed by atoms with Gasteiger partial charge in [0.15, 0.2) is 0 Å². The van der Waals surface area contributed by atoms with Crippen molar-refractivity contribution in [2.75, 3.05) is 38.7 Å². The lowest BCUT2D eigenvalue weighted by molar-refractivity contribution is -0.186. The molecule has 0 unspecified atom stereocenters. The maximum atomic E-state index is 12.9. The van der Waals surface area contributed by atoms with Crippen LogP contribution in [-0.2, 0) is 14.3 Å². The topological polar surface area (TPSA) is 99.2 Å². The number of esters is 1. The number of urea groups is 1. The molecule has 0 aromatic heterocycles. The minimum atomic E-state index is -4.85. The van der Waals surface area contributed by atoms with Crippen LogP contribution in [0.3, 0.4) is 0 Å². The minimum Gasteiger partial charge on any atom is -0.469 e. The van der Waals surface area contributed by atoms with Crippen molar-refractivity contribution in [3.8, 4) is 0 Å². The standard InChI is InChI=1S/C24H32F3N3O5/c1-35-21(32)18-4-8-20(9-5-18)30(14-15-31)23(34)28-19-6-2-16(3-7-19)17-10-12-29(13-11-17)22(33)24(25,26)27/h2-3,6-7,17-18,20,31H,4-5,8-15H2,1H3,(H,28,34). The van der Waals surface area contributed by atoms with Crippen LogP contribution in [0.25, 0.3) is 0 Å². The Labute approximate surface area is 202 Å². The molecule has 0 spiro atoms. The zero-order valence-electron chi connectivity index (χ0n) is 19.7. The molecule has 3 amide bonds. The monoisotopic (exact) mass is 499 g/mol. The molecule has 1 aromatic rings. The molecule has 3 rings (SSSR count). The van der Waals surface area contributed by atoms with Crippen LogP contribution in [0.4, 0.5) is 23.7 Å². The van der Waals surface area contributed by atoms with E-state index in [2.05, 4.69) is 5.32 Å². The summed E-state index contributed by atoms with van der Waals surface area (Å²) in [6.07, 6.45) is -1.46. The number of ether oxygens (including phenoxy) is 1. The van der Waals surface area contributed by atoms with Crippen LogP contribution in [0.1, 0.15) is 50.0 Å². The fourth-order valence-electron chi connectivity index (χ4n) is 4.98. The fraction of sp³-hybridized carbons (Fsp3) is 0.625. The smallest absolute Gasteiger partial charge is 0.469 e. The van der Waals surface area contributed by atoms with E-state index in [0.717, 1.165) is 10.5 Å². The van der Waals surface area contributed by atoms with E-state index in [1.165, 1.54) is 7.11 Å². The van der Waals surface area contributed by atoms with Crippen LogP contribution in [0, 0.1) is 5.92 Å². The number of carbonyl (C=O) groups excluding carboxylic acids is 3. The van der Waals surface area contributed by atoms with Gasteiger partial charge < -0.3 is 25.0 Å². The van der Waals surface area contributed by atoms with Crippen molar-refractivity contribution in [1.82, 2.24) is 9.80 Å². The molecular weight excluding hydrogens is 467 g/mol. The Morgan fingerprint density at radius 2 is 1.66 bits per heavy atom. The Balaban J connectivity index is 1.54. The van der Waals surface area contributed by atoms with Gasteiger partial charge in [-0.2, -0.15) is 13.2 Å². The summed E-state index contributed by atoms with van der Waals surface area (Å²) in [4.78, 5) is 38.5. The second kappa shape index (κ2) is 11.7. The molecule has 1 saturated carbocycles. The van der Waals surface area contributed by atoms with Crippen LogP contribution in [0.2, 0.25) is 0 Å². The number of amides is 3. The molecule has 1 saturated heterocycles. The van der Waals surface area contributed by atoms with Crippen molar-refractivity contribution < 1.29 is 37.4 Å². The molecule has 8 nitrogen and oxygen atoms in total. The van der Waals surface area contributed by atoms with Crippen molar-refractivity contribution in [1.29, 1.82) is 0 Å². The highest BCUT2D eigenvalue weighted by molar-refractivity contribution is 5.89. The van der Waals surface area contributed by atoms with Gasteiger partial charge in [0.2, 0.25) is 0 Å². The molecule has 2 fully saturated rings.